The third-order valence-corrected chi connectivity index (χ3v) is 4.68. The molecule has 6 nitrogen and oxygen atoms in total. The Bertz CT molecular complexity index is 710. The van der Waals surface area contributed by atoms with Crippen LogP contribution in [0.15, 0.2) is 42.7 Å². The molecule has 1 atom stereocenters. The van der Waals surface area contributed by atoms with Crippen molar-refractivity contribution >= 4 is 11.9 Å². The lowest BCUT2D eigenvalue weighted by atomic mass is 9.93. The lowest BCUT2D eigenvalue weighted by Gasteiger charge is -2.32. The SMILES string of the molecule is O=C(O)CC[C@@H]1CCCN(C(=O)c2ccc(Cn3cccn3)cc2)C1. The Labute approximate surface area is 147 Å². The van der Waals surface area contributed by atoms with E-state index >= 15 is 0 Å². The summed E-state index contributed by atoms with van der Waals surface area (Å²) in [4.78, 5) is 25.3. The van der Waals surface area contributed by atoms with Crippen LogP contribution < -0.4 is 0 Å². The highest BCUT2D eigenvalue weighted by Gasteiger charge is 2.24. The molecule has 1 aromatic heterocycles. The van der Waals surface area contributed by atoms with Gasteiger partial charge in [-0.2, -0.15) is 5.10 Å². The number of aliphatic carboxylic acids is 1. The van der Waals surface area contributed by atoms with Gasteiger partial charge in [-0.3, -0.25) is 14.3 Å². The maximum absolute atomic E-state index is 12.7. The van der Waals surface area contributed by atoms with Crippen LogP contribution in [0, 0.1) is 5.92 Å². The zero-order chi connectivity index (χ0) is 17.6. The van der Waals surface area contributed by atoms with Crippen molar-refractivity contribution in [2.45, 2.75) is 32.2 Å². The summed E-state index contributed by atoms with van der Waals surface area (Å²) in [5, 5.41) is 13.0. The van der Waals surface area contributed by atoms with Crippen molar-refractivity contribution < 1.29 is 14.7 Å². The van der Waals surface area contributed by atoms with Crippen molar-refractivity contribution in [2.24, 2.45) is 5.92 Å². The molecule has 0 saturated carbocycles. The number of amides is 1. The summed E-state index contributed by atoms with van der Waals surface area (Å²) in [6.45, 7) is 2.08. The molecule has 6 heteroatoms. The summed E-state index contributed by atoms with van der Waals surface area (Å²) >= 11 is 0. The second-order valence-electron chi connectivity index (χ2n) is 6.59. The van der Waals surface area contributed by atoms with E-state index in [0.717, 1.165) is 24.9 Å². The van der Waals surface area contributed by atoms with Gasteiger partial charge >= 0.3 is 5.97 Å². The summed E-state index contributed by atoms with van der Waals surface area (Å²) < 4.78 is 1.84. The van der Waals surface area contributed by atoms with Crippen molar-refractivity contribution in [3.63, 3.8) is 0 Å². The fraction of sp³-hybridized carbons (Fsp3) is 0.421. The Morgan fingerprint density at radius 3 is 2.72 bits per heavy atom. The summed E-state index contributed by atoms with van der Waals surface area (Å²) in [5.41, 5.74) is 1.78. The van der Waals surface area contributed by atoms with E-state index < -0.39 is 5.97 Å². The molecule has 1 saturated heterocycles. The molecule has 1 aliphatic heterocycles. The highest BCUT2D eigenvalue weighted by molar-refractivity contribution is 5.94. The Morgan fingerprint density at radius 1 is 1.24 bits per heavy atom. The standard InChI is InChI=1S/C19H23N3O3/c23-18(24)9-6-15-3-1-11-21(13-15)19(25)17-7-4-16(5-8-17)14-22-12-2-10-20-22/h2,4-5,7-8,10,12,15H,1,3,6,9,11,13-14H2,(H,23,24)/t15-/m0/s1. The zero-order valence-corrected chi connectivity index (χ0v) is 14.2. The zero-order valence-electron chi connectivity index (χ0n) is 14.2. The highest BCUT2D eigenvalue weighted by Crippen LogP contribution is 2.22. The van der Waals surface area contributed by atoms with Crippen LogP contribution in [0.5, 0.6) is 0 Å². The molecule has 3 rings (SSSR count). The number of carbonyl (C=O) groups is 2. The third kappa shape index (κ3) is 4.68. The van der Waals surface area contributed by atoms with E-state index in [9.17, 15) is 9.59 Å². The van der Waals surface area contributed by atoms with Crippen molar-refractivity contribution in [2.75, 3.05) is 13.1 Å². The maximum Gasteiger partial charge on any atom is 0.303 e. The van der Waals surface area contributed by atoms with E-state index in [0.29, 0.717) is 25.1 Å². The summed E-state index contributed by atoms with van der Waals surface area (Å²) in [7, 11) is 0. The molecule has 132 valence electrons. The number of hydrogen-bond acceptors (Lipinski definition) is 3. The van der Waals surface area contributed by atoms with Crippen LogP contribution in [-0.2, 0) is 11.3 Å². The van der Waals surface area contributed by atoms with Gasteiger partial charge in [-0.05, 0) is 48.9 Å². The minimum absolute atomic E-state index is 0.0330. The van der Waals surface area contributed by atoms with Gasteiger partial charge in [0.15, 0.2) is 0 Å². The summed E-state index contributed by atoms with van der Waals surface area (Å²) in [6, 6.07) is 9.53. The number of hydrogen-bond donors (Lipinski definition) is 1. The van der Waals surface area contributed by atoms with Crippen molar-refractivity contribution in [3.8, 4) is 0 Å². The van der Waals surface area contributed by atoms with Gasteiger partial charge in [0.25, 0.3) is 5.91 Å². The Hall–Kier alpha value is -2.63. The normalized spacial score (nSPS) is 17.4. The number of carboxylic acid groups (broad SMARTS) is 1. The Morgan fingerprint density at radius 2 is 2.04 bits per heavy atom. The topological polar surface area (TPSA) is 75.4 Å². The van der Waals surface area contributed by atoms with Gasteiger partial charge in [0.05, 0.1) is 6.54 Å². The number of nitrogens with zero attached hydrogens (tertiary/aromatic N) is 3. The van der Waals surface area contributed by atoms with Gasteiger partial charge in [0.1, 0.15) is 0 Å². The number of carbonyl (C=O) groups excluding carboxylic acids is 1. The first-order chi connectivity index (χ1) is 12.1. The van der Waals surface area contributed by atoms with E-state index in [1.807, 2.05) is 46.1 Å². The van der Waals surface area contributed by atoms with Gasteiger partial charge in [0.2, 0.25) is 0 Å². The van der Waals surface area contributed by atoms with Crippen LogP contribution in [0.1, 0.15) is 41.6 Å². The highest BCUT2D eigenvalue weighted by atomic mass is 16.4. The lowest BCUT2D eigenvalue weighted by Crippen LogP contribution is -2.40. The predicted octanol–water partition coefficient (Wildman–Crippen LogP) is 2.65. The smallest absolute Gasteiger partial charge is 0.303 e. The van der Waals surface area contributed by atoms with Gasteiger partial charge in [-0.1, -0.05) is 12.1 Å². The van der Waals surface area contributed by atoms with Crippen LogP contribution in [0.2, 0.25) is 0 Å². The fourth-order valence-corrected chi connectivity index (χ4v) is 3.33. The van der Waals surface area contributed by atoms with Gasteiger partial charge < -0.3 is 10.0 Å². The van der Waals surface area contributed by atoms with E-state index in [2.05, 4.69) is 5.10 Å². The van der Waals surface area contributed by atoms with Crippen LogP contribution in [0.25, 0.3) is 0 Å². The first-order valence-corrected chi connectivity index (χ1v) is 8.69. The van der Waals surface area contributed by atoms with Crippen LogP contribution in [0.3, 0.4) is 0 Å². The van der Waals surface area contributed by atoms with E-state index in [1.54, 1.807) is 6.20 Å². The lowest BCUT2D eigenvalue weighted by molar-refractivity contribution is -0.137. The predicted molar refractivity (Wildman–Crippen MR) is 93.3 cm³/mol. The molecule has 1 N–H and O–H groups in total. The first kappa shape index (κ1) is 17.2. The molecule has 0 unspecified atom stereocenters. The fourth-order valence-electron chi connectivity index (χ4n) is 3.33. The van der Waals surface area contributed by atoms with E-state index in [4.69, 9.17) is 5.11 Å². The Balaban J connectivity index is 1.59. The molecular weight excluding hydrogens is 318 g/mol. The van der Waals surface area contributed by atoms with Crippen molar-refractivity contribution in [3.05, 3.63) is 53.9 Å². The molecule has 2 aromatic rings. The molecular formula is C19H23N3O3. The molecule has 1 aliphatic rings. The number of rotatable bonds is 6. The molecule has 0 spiro atoms. The quantitative estimate of drug-likeness (QED) is 0.876. The number of benzene rings is 1. The monoisotopic (exact) mass is 341 g/mol. The second kappa shape index (κ2) is 7.96. The molecule has 1 amide bonds. The average molecular weight is 341 g/mol. The number of aromatic nitrogens is 2. The van der Waals surface area contributed by atoms with Crippen LogP contribution in [-0.4, -0.2) is 44.8 Å². The van der Waals surface area contributed by atoms with Crippen molar-refractivity contribution in [1.82, 2.24) is 14.7 Å². The third-order valence-electron chi connectivity index (χ3n) is 4.68. The molecule has 25 heavy (non-hydrogen) atoms. The molecule has 2 heterocycles. The molecule has 1 fully saturated rings. The number of piperidine rings is 1. The molecule has 1 aromatic carbocycles. The molecule has 0 aliphatic carbocycles. The molecule has 0 radical (unpaired) electrons. The van der Waals surface area contributed by atoms with Crippen LogP contribution >= 0.6 is 0 Å². The molecule has 0 bridgehead atoms. The Kier molecular flexibility index (Phi) is 5.48. The van der Waals surface area contributed by atoms with Gasteiger partial charge in [0, 0.05) is 37.5 Å². The number of carboxylic acids is 1. The minimum Gasteiger partial charge on any atom is -0.481 e. The first-order valence-electron chi connectivity index (χ1n) is 8.69. The van der Waals surface area contributed by atoms with Crippen molar-refractivity contribution in [1.29, 1.82) is 0 Å². The average Bonchev–Trinajstić information content (AvgIpc) is 3.13. The minimum atomic E-state index is -0.767. The summed E-state index contributed by atoms with van der Waals surface area (Å²) in [5.74, 6) is -0.449. The second-order valence-corrected chi connectivity index (χ2v) is 6.59. The number of likely N-dealkylation sites (tertiary alicyclic amines) is 1. The van der Waals surface area contributed by atoms with E-state index in [-0.39, 0.29) is 18.2 Å². The summed E-state index contributed by atoms with van der Waals surface area (Å²) in [6.07, 6.45) is 6.41. The van der Waals surface area contributed by atoms with Gasteiger partial charge in [-0.15, -0.1) is 0 Å². The van der Waals surface area contributed by atoms with Gasteiger partial charge in [-0.25, -0.2) is 0 Å². The van der Waals surface area contributed by atoms with E-state index in [1.165, 1.54) is 0 Å². The van der Waals surface area contributed by atoms with Crippen LogP contribution in [0.4, 0.5) is 0 Å². The maximum atomic E-state index is 12.7. The largest absolute Gasteiger partial charge is 0.481 e.